The van der Waals surface area contributed by atoms with Crippen LogP contribution in [0.3, 0.4) is 0 Å². The molecule has 4 aromatic carbocycles. The molecule has 6 aromatic rings. The summed E-state index contributed by atoms with van der Waals surface area (Å²) in [6, 6.07) is 26.1. The summed E-state index contributed by atoms with van der Waals surface area (Å²) in [5, 5.41) is 27.1. The maximum absolute atomic E-state index is 13.9. The van der Waals surface area contributed by atoms with E-state index in [0.29, 0.717) is 63.2 Å². The highest BCUT2D eigenvalue weighted by Gasteiger charge is 2.30. The molecule has 1 amide bonds. The van der Waals surface area contributed by atoms with Crippen molar-refractivity contribution >= 4 is 68.9 Å². The zero-order valence-corrected chi connectivity index (χ0v) is 29.0. The lowest BCUT2D eigenvalue weighted by atomic mass is 10.0. The summed E-state index contributed by atoms with van der Waals surface area (Å²) in [6.45, 7) is 1.15. The van der Waals surface area contributed by atoms with Gasteiger partial charge in [-0.15, -0.1) is 5.10 Å². The summed E-state index contributed by atoms with van der Waals surface area (Å²) in [5.74, 6) is -0.561. The summed E-state index contributed by atoms with van der Waals surface area (Å²) >= 11 is 19.0. The molecule has 1 fully saturated rings. The van der Waals surface area contributed by atoms with Gasteiger partial charge in [-0.2, -0.15) is 5.26 Å². The maximum Gasteiger partial charge on any atom is 0.410 e. The van der Waals surface area contributed by atoms with Crippen LogP contribution >= 0.6 is 34.8 Å². The highest BCUT2D eigenvalue weighted by atomic mass is 35.5. The van der Waals surface area contributed by atoms with Gasteiger partial charge in [-0.3, -0.25) is 4.98 Å². The number of halogens is 4. The molecule has 0 bridgehead atoms. The van der Waals surface area contributed by atoms with Crippen molar-refractivity contribution in [3.05, 3.63) is 141 Å². The lowest BCUT2D eigenvalue weighted by Crippen LogP contribution is -2.29. The first kappa shape index (κ1) is 34.1. The molecule has 0 aliphatic carbocycles. The van der Waals surface area contributed by atoms with E-state index in [0.717, 1.165) is 11.1 Å². The normalized spacial score (nSPS) is 14.6. The first-order valence-corrected chi connectivity index (χ1v) is 17.0. The van der Waals surface area contributed by atoms with Crippen LogP contribution in [0.15, 0.2) is 97.3 Å². The predicted octanol–water partition coefficient (Wildman–Crippen LogP) is 9.33. The predicted molar refractivity (Wildman–Crippen MR) is 195 cm³/mol. The van der Waals surface area contributed by atoms with Gasteiger partial charge in [0.05, 0.1) is 45.8 Å². The molecule has 51 heavy (non-hydrogen) atoms. The Morgan fingerprint density at radius 1 is 1.04 bits per heavy atom. The number of aromatic nitrogens is 4. The van der Waals surface area contributed by atoms with Gasteiger partial charge in [0.2, 0.25) is 0 Å². The number of likely N-dealkylation sites (tertiary alicyclic amines) is 1. The minimum absolute atomic E-state index is 0.0654. The number of nitriles is 1. The molecule has 0 spiro atoms. The molecule has 7 rings (SSSR count). The second-order valence-corrected chi connectivity index (χ2v) is 13.2. The number of benzene rings is 4. The van der Waals surface area contributed by atoms with Crippen LogP contribution in [0.5, 0.6) is 0 Å². The van der Waals surface area contributed by atoms with Crippen LogP contribution in [-0.2, 0) is 11.3 Å². The minimum Gasteiger partial charge on any atom is -0.445 e. The van der Waals surface area contributed by atoms with Gasteiger partial charge in [0, 0.05) is 40.4 Å². The third-order valence-corrected chi connectivity index (χ3v) is 9.33. The van der Waals surface area contributed by atoms with Gasteiger partial charge in [0.25, 0.3) is 0 Å². The third-order valence-electron chi connectivity index (χ3n) is 8.57. The van der Waals surface area contributed by atoms with Crippen molar-refractivity contribution in [2.24, 2.45) is 0 Å². The van der Waals surface area contributed by atoms with Crippen molar-refractivity contribution in [1.29, 1.82) is 5.26 Å². The van der Waals surface area contributed by atoms with Crippen LogP contribution in [0.4, 0.5) is 26.2 Å². The molecular weight excluding hydrogens is 714 g/mol. The molecule has 3 heterocycles. The number of anilines is 3. The van der Waals surface area contributed by atoms with Crippen molar-refractivity contribution in [2.75, 3.05) is 23.7 Å². The van der Waals surface area contributed by atoms with E-state index in [1.165, 1.54) is 24.4 Å². The lowest BCUT2D eigenvalue weighted by Gasteiger charge is -2.21. The van der Waals surface area contributed by atoms with E-state index < -0.39 is 11.9 Å². The number of carbonyl (C=O) groups excluding carboxylic acids is 1. The maximum atomic E-state index is 13.9. The van der Waals surface area contributed by atoms with Gasteiger partial charge in [0.15, 0.2) is 0 Å². The molecule has 2 atom stereocenters. The molecule has 2 N–H and O–H groups in total. The summed E-state index contributed by atoms with van der Waals surface area (Å²) < 4.78 is 21.2. The molecule has 1 unspecified atom stereocenters. The number of hydrogen-bond donors (Lipinski definition) is 2. The molecule has 1 aliphatic heterocycles. The Balaban J connectivity index is 1.18. The van der Waals surface area contributed by atoms with E-state index >= 15 is 0 Å². The Kier molecular flexibility index (Phi) is 9.90. The van der Waals surface area contributed by atoms with Gasteiger partial charge in [-0.25, -0.2) is 13.9 Å². The molecule has 0 saturated carbocycles. The quantitative estimate of drug-likeness (QED) is 0.150. The van der Waals surface area contributed by atoms with Crippen LogP contribution in [-0.4, -0.2) is 44.1 Å². The summed E-state index contributed by atoms with van der Waals surface area (Å²) in [4.78, 5) is 19.1. The lowest BCUT2D eigenvalue weighted by molar-refractivity contribution is 0.103. The molecule has 10 nitrogen and oxygen atoms in total. The Labute approximate surface area is 307 Å². The zero-order chi connectivity index (χ0) is 35.5. The van der Waals surface area contributed by atoms with E-state index in [4.69, 9.17) is 39.5 Å². The second kappa shape index (κ2) is 14.8. The first-order valence-electron chi connectivity index (χ1n) is 15.9. The standard InChI is InChI=1S/C37H28Cl3FN8O2/c38-25-8-6-23(7-9-25)35(33-20-49(47-46-33)28-12-13-48(19-28)37(50)51-21-22-4-2-1-3-5-22)45-32-15-26(39)14-29-34(24(17-42)18-43-36(29)32)44-27-10-11-31(41)30(40)16-27/h1-11,14-16,18,20,28,35,45H,12-13,19,21H2,(H,43,44)/t28-,35?/m1/s1. The van der Waals surface area contributed by atoms with E-state index in [1.54, 1.807) is 33.8 Å². The molecule has 2 aromatic heterocycles. The molecule has 1 saturated heterocycles. The monoisotopic (exact) mass is 740 g/mol. The van der Waals surface area contributed by atoms with Crippen molar-refractivity contribution < 1.29 is 13.9 Å². The Hall–Kier alpha value is -5.41. The molecular formula is C37H28Cl3FN8O2. The number of hydrogen-bond acceptors (Lipinski definition) is 8. The molecule has 0 radical (unpaired) electrons. The van der Waals surface area contributed by atoms with E-state index in [-0.39, 0.29) is 29.3 Å². The van der Waals surface area contributed by atoms with Crippen LogP contribution < -0.4 is 10.6 Å². The number of rotatable bonds is 9. The third kappa shape index (κ3) is 7.54. The Morgan fingerprint density at radius 2 is 1.84 bits per heavy atom. The topological polar surface area (TPSA) is 121 Å². The number of nitrogens with one attached hydrogen (secondary N) is 2. The smallest absolute Gasteiger partial charge is 0.410 e. The first-order chi connectivity index (χ1) is 24.7. The van der Waals surface area contributed by atoms with Crippen molar-refractivity contribution in [2.45, 2.75) is 25.1 Å². The van der Waals surface area contributed by atoms with Crippen LogP contribution in [0.25, 0.3) is 10.9 Å². The average molecular weight is 742 g/mol. The summed E-state index contributed by atoms with van der Waals surface area (Å²) in [7, 11) is 0. The van der Waals surface area contributed by atoms with E-state index in [9.17, 15) is 14.4 Å². The second-order valence-electron chi connectivity index (χ2n) is 11.9. The fourth-order valence-corrected chi connectivity index (χ4v) is 6.51. The SMILES string of the molecule is N#Cc1cnc2c(NC(c3ccc(Cl)cc3)c3cn([C@@H]4CCN(C(=O)OCc5ccccc5)C4)nn3)cc(Cl)cc2c1Nc1ccc(F)c(Cl)c1. The molecule has 14 heteroatoms. The van der Waals surface area contributed by atoms with Gasteiger partial charge < -0.3 is 20.3 Å². The number of pyridine rings is 1. The van der Waals surface area contributed by atoms with Crippen molar-refractivity contribution in [3.8, 4) is 6.07 Å². The van der Waals surface area contributed by atoms with Crippen LogP contribution in [0.2, 0.25) is 15.1 Å². The van der Waals surface area contributed by atoms with E-state index in [2.05, 4.69) is 32.0 Å². The fourth-order valence-electron chi connectivity index (χ4n) is 5.99. The Morgan fingerprint density at radius 3 is 2.61 bits per heavy atom. The average Bonchev–Trinajstić information content (AvgIpc) is 3.83. The van der Waals surface area contributed by atoms with Gasteiger partial charge >= 0.3 is 6.09 Å². The number of nitrogens with zero attached hydrogens (tertiary/aromatic N) is 6. The largest absolute Gasteiger partial charge is 0.445 e. The van der Waals surface area contributed by atoms with Gasteiger partial charge in [-0.1, -0.05) is 82.5 Å². The van der Waals surface area contributed by atoms with Gasteiger partial charge in [0.1, 0.15) is 24.2 Å². The van der Waals surface area contributed by atoms with Gasteiger partial charge in [-0.05, 0) is 60.0 Å². The number of carbonyl (C=O) groups is 1. The molecule has 1 aliphatic rings. The van der Waals surface area contributed by atoms with E-state index in [1.807, 2.05) is 48.7 Å². The minimum atomic E-state index is -0.561. The number of amides is 1. The highest BCUT2D eigenvalue weighted by molar-refractivity contribution is 6.32. The highest BCUT2D eigenvalue weighted by Crippen LogP contribution is 2.38. The van der Waals surface area contributed by atoms with Crippen LogP contribution in [0, 0.1) is 17.1 Å². The van der Waals surface area contributed by atoms with Crippen molar-refractivity contribution in [1.82, 2.24) is 24.9 Å². The number of fused-ring (bicyclic) bond motifs is 1. The number of ether oxygens (including phenoxy) is 1. The van der Waals surface area contributed by atoms with Crippen molar-refractivity contribution in [3.63, 3.8) is 0 Å². The summed E-state index contributed by atoms with van der Waals surface area (Å²) in [6.07, 6.45) is 3.62. The fraction of sp³-hybridized carbons (Fsp3) is 0.162. The molecule has 256 valence electrons. The zero-order valence-electron chi connectivity index (χ0n) is 26.7. The Bertz CT molecular complexity index is 2260. The van der Waals surface area contributed by atoms with Crippen LogP contribution in [0.1, 0.15) is 40.9 Å². The summed E-state index contributed by atoms with van der Waals surface area (Å²) in [5.41, 5.74) is 4.59.